The van der Waals surface area contributed by atoms with Gasteiger partial charge in [0.15, 0.2) is 0 Å². The number of nitrogens with zero attached hydrogens (tertiary/aromatic N) is 1. The van der Waals surface area contributed by atoms with Crippen molar-refractivity contribution in [2.45, 2.75) is 44.1 Å². The average molecular weight is 315 g/mol. The maximum atomic E-state index is 12.4. The van der Waals surface area contributed by atoms with E-state index in [2.05, 4.69) is 10.6 Å². The first-order chi connectivity index (χ1) is 11.1. The molecule has 1 saturated heterocycles. The predicted octanol–water partition coefficient (Wildman–Crippen LogP) is 2.27. The summed E-state index contributed by atoms with van der Waals surface area (Å²) < 4.78 is 0. The molecule has 0 aromatic heterocycles. The zero-order valence-electron chi connectivity index (χ0n) is 13.0. The van der Waals surface area contributed by atoms with Gasteiger partial charge in [-0.1, -0.05) is 31.0 Å². The largest absolute Gasteiger partial charge is 0.326 e. The molecular formula is C17H21N3O3. The molecular weight excluding hydrogens is 294 g/mol. The molecule has 1 aliphatic carbocycles. The van der Waals surface area contributed by atoms with Crippen molar-refractivity contribution in [1.82, 2.24) is 10.2 Å². The van der Waals surface area contributed by atoms with E-state index in [0.29, 0.717) is 6.42 Å². The van der Waals surface area contributed by atoms with Crippen molar-refractivity contribution in [3.05, 3.63) is 30.3 Å². The number of para-hydroxylation sites is 1. The van der Waals surface area contributed by atoms with Crippen molar-refractivity contribution in [2.24, 2.45) is 0 Å². The normalized spacial score (nSPS) is 19.2. The Balaban J connectivity index is 1.48. The fraction of sp³-hybridized carbons (Fsp3) is 0.471. The minimum Gasteiger partial charge on any atom is -0.326 e. The average Bonchev–Trinajstić information content (AvgIpc) is 3.09. The van der Waals surface area contributed by atoms with Crippen molar-refractivity contribution < 1.29 is 14.4 Å². The van der Waals surface area contributed by atoms with Crippen LogP contribution in [0.1, 0.15) is 38.5 Å². The van der Waals surface area contributed by atoms with Gasteiger partial charge in [-0.05, 0) is 31.4 Å². The summed E-state index contributed by atoms with van der Waals surface area (Å²) in [6, 6.07) is 8.90. The zero-order chi connectivity index (χ0) is 16.3. The number of benzene rings is 1. The number of urea groups is 1. The fourth-order valence-electron chi connectivity index (χ4n) is 3.34. The van der Waals surface area contributed by atoms with E-state index in [1.54, 1.807) is 0 Å². The van der Waals surface area contributed by atoms with Crippen LogP contribution >= 0.6 is 0 Å². The van der Waals surface area contributed by atoms with Crippen LogP contribution in [0.5, 0.6) is 0 Å². The van der Waals surface area contributed by atoms with Gasteiger partial charge in [0.05, 0.1) is 0 Å². The van der Waals surface area contributed by atoms with Crippen molar-refractivity contribution in [2.75, 3.05) is 11.9 Å². The van der Waals surface area contributed by atoms with Gasteiger partial charge in [-0.25, -0.2) is 4.79 Å². The highest BCUT2D eigenvalue weighted by Crippen LogP contribution is 2.35. The minimum absolute atomic E-state index is 0.112. The summed E-state index contributed by atoms with van der Waals surface area (Å²) in [4.78, 5) is 37.6. The van der Waals surface area contributed by atoms with Crippen LogP contribution in [-0.4, -0.2) is 34.8 Å². The van der Waals surface area contributed by atoms with E-state index in [1.807, 2.05) is 30.3 Å². The number of carbonyl (C=O) groups excluding carboxylic acids is 3. The SMILES string of the molecule is O=C(CCCN1C(=O)NC2(CCCC2)C1=O)Nc1ccccc1. The lowest BCUT2D eigenvalue weighted by atomic mass is 9.98. The summed E-state index contributed by atoms with van der Waals surface area (Å²) in [5, 5.41) is 5.64. The highest BCUT2D eigenvalue weighted by molar-refractivity contribution is 6.07. The molecule has 0 unspecified atom stereocenters. The quantitative estimate of drug-likeness (QED) is 0.818. The maximum Gasteiger partial charge on any atom is 0.325 e. The lowest BCUT2D eigenvalue weighted by Crippen LogP contribution is -2.44. The molecule has 2 N–H and O–H groups in total. The predicted molar refractivity (Wildman–Crippen MR) is 85.7 cm³/mol. The smallest absolute Gasteiger partial charge is 0.325 e. The van der Waals surface area contributed by atoms with Crippen molar-refractivity contribution >= 4 is 23.5 Å². The molecule has 2 aliphatic rings. The fourth-order valence-corrected chi connectivity index (χ4v) is 3.34. The Kier molecular flexibility index (Phi) is 4.32. The number of imide groups is 1. The second-order valence-electron chi connectivity index (χ2n) is 6.19. The lowest BCUT2D eigenvalue weighted by molar-refractivity contribution is -0.131. The van der Waals surface area contributed by atoms with Crippen LogP contribution in [0.2, 0.25) is 0 Å². The summed E-state index contributed by atoms with van der Waals surface area (Å²) in [5.74, 6) is -0.234. The Morgan fingerprint density at radius 1 is 1.17 bits per heavy atom. The first-order valence-electron chi connectivity index (χ1n) is 8.10. The summed E-state index contributed by atoms with van der Waals surface area (Å²) in [7, 11) is 0. The van der Waals surface area contributed by atoms with Crippen molar-refractivity contribution in [1.29, 1.82) is 0 Å². The Hall–Kier alpha value is -2.37. The van der Waals surface area contributed by atoms with Crippen LogP contribution < -0.4 is 10.6 Å². The zero-order valence-corrected chi connectivity index (χ0v) is 13.0. The molecule has 122 valence electrons. The highest BCUT2D eigenvalue weighted by Gasteiger charge is 2.51. The van der Waals surface area contributed by atoms with E-state index in [0.717, 1.165) is 31.4 Å². The summed E-state index contributed by atoms with van der Waals surface area (Å²) in [5.41, 5.74) is 0.0843. The first kappa shape index (κ1) is 15.5. The van der Waals surface area contributed by atoms with Gasteiger partial charge in [0.2, 0.25) is 5.91 Å². The minimum atomic E-state index is -0.663. The second-order valence-corrected chi connectivity index (χ2v) is 6.19. The van der Waals surface area contributed by atoms with Crippen LogP contribution in [0.25, 0.3) is 0 Å². The molecule has 1 heterocycles. The van der Waals surface area contributed by atoms with Crippen LogP contribution in [0.4, 0.5) is 10.5 Å². The number of amides is 4. The van der Waals surface area contributed by atoms with Gasteiger partial charge < -0.3 is 10.6 Å². The number of anilines is 1. The van der Waals surface area contributed by atoms with Gasteiger partial charge in [0, 0.05) is 18.7 Å². The molecule has 3 rings (SSSR count). The molecule has 0 radical (unpaired) electrons. The topological polar surface area (TPSA) is 78.5 Å². The van der Waals surface area contributed by atoms with E-state index in [4.69, 9.17) is 0 Å². The van der Waals surface area contributed by atoms with Crippen LogP contribution in [0.15, 0.2) is 30.3 Å². The molecule has 4 amide bonds. The molecule has 6 heteroatoms. The third-order valence-corrected chi connectivity index (χ3v) is 4.55. The van der Waals surface area contributed by atoms with E-state index in [1.165, 1.54) is 4.90 Å². The molecule has 0 atom stereocenters. The van der Waals surface area contributed by atoms with Crippen LogP contribution in [-0.2, 0) is 9.59 Å². The number of nitrogens with one attached hydrogen (secondary N) is 2. The Morgan fingerprint density at radius 2 is 1.87 bits per heavy atom. The van der Waals surface area contributed by atoms with E-state index >= 15 is 0 Å². The molecule has 1 spiro atoms. The molecule has 23 heavy (non-hydrogen) atoms. The van der Waals surface area contributed by atoms with E-state index in [-0.39, 0.29) is 30.8 Å². The van der Waals surface area contributed by atoms with Crippen molar-refractivity contribution in [3.8, 4) is 0 Å². The number of carbonyl (C=O) groups is 3. The van der Waals surface area contributed by atoms with E-state index < -0.39 is 5.54 Å². The lowest BCUT2D eigenvalue weighted by Gasteiger charge is -2.19. The highest BCUT2D eigenvalue weighted by atomic mass is 16.2. The monoisotopic (exact) mass is 315 g/mol. The van der Waals surface area contributed by atoms with Gasteiger partial charge in [-0.15, -0.1) is 0 Å². The molecule has 6 nitrogen and oxygen atoms in total. The maximum absolute atomic E-state index is 12.4. The summed E-state index contributed by atoms with van der Waals surface area (Å²) in [6.45, 7) is 0.286. The second kappa shape index (κ2) is 6.40. The van der Waals surface area contributed by atoms with Gasteiger partial charge in [0.1, 0.15) is 5.54 Å². The van der Waals surface area contributed by atoms with Gasteiger partial charge >= 0.3 is 6.03 Å². The van der Waals surface area contributed by atoms with Crippen molar-refractivity contribution in [3.63, 3.8) is 0 Å². The standard InChI is InChI=1S/C17H21N3O3/c21-14(18-13-7-2-1-3-8-13)9-6-12-20-15(22)17(19-16(20)23)10-4-5-11-17/h1-3,7-8H,4-6,9-12H2,(H,18,21)(H,19,23). The van der Waals surface area contributed by atoms with Crippen LogP contribution in [0, 0.1) is 0 Å². The summed E-state index contributed by atoms with van der Waals surface area (Å²) >= 11 is 0. The molecule has 1 saturated carbocycles. The Labute approximate surface area is 135 Å². The molecule has 0 bridgehead atoms. The third-order valence-electron chi connectivity index (χ3n) is 4.55. The Bertz CT molecular complexity index is 609. The third kappa shape index (κ3) is 3.21. The summed E-state index contributed by atoms with van der Waals surface area (Å²) in [6.07, 6.45) is 4.14. The molecule has 1 aromatic rings. The van der Waals surface area contributed by atoms with E-state index in [9.17, 15) is 14.4 Å². The molecule has 1 aliphatic heterocycles. The van der Waals surface area contributed by atoms with Gasteiger partial charge in [-0.2, -0.15) is 0 Å². The number of hydrogen-bond acceptors (Lipinski definition) is 3. The molecule has 1 aromatic carbocycles. The first-order valence-corrected chi connectivity index (χ1v) is 8.10. The number of rotatable bonds is 5. The van der Waals surface area contributed by atoms with Gasteiger partial charge in [0.25, 0.3) is 5.91 Å². The number of hydrogen-bond donors (Lipinski definition) is 2. The Morgan fingerprint density at radius 3 is 2.57 bits per heavy atom. The molecule has 2 fully saturated rings. The van der Waals surface area contributed by atoms with Crippen LogP contribution in [0.3, 0.4) is 0 Å². The van der Waals surface area contributed by atoms with Gasteiger partial charge in [-0.3, -0.25) is 14.5 Å².